The van der Waals surface area contributed by atoms with E-state index in [0.717, 1.165) is 19.4 Å². The third kappa shape index (κ3) is 2.20. The summed E-state index contributed by atoms with van der Waals surface area (Å²) < 4.78 is 0. The van der Waals surface area contributed by atoms with E-state index in [2.05, 4.69) is 5.32 Å². The molecule has 1 aromatic carbocycles. The quantitative estimate of drug-likeness (QED) is 0.840. The molecule has 2 N–H and O–H groups in total. The maximum Gasteiger partial charge on any atom is 0.324 e. The summed E-state index contributed by atoms with van der Waals surface area (Å²) in [6, 6.07) is 6.11. The summed E-state index contributed by atoms with van der Waals surface area (Å²) >= 11 is 0. The molecule has 2 rings (SSSR count). The van der Waals surface area contributed by atoms with Gasteiger partial charge in [0.25, 0.3) is 0 Å². The normalized spacial score (nSPS) is 23.9. The molecule has 1 heterocycles. The van der Waals surface area contributed by atoms with Crippen LogP contribution in [0, 0.1) is 13.8 Å². The van der Waals surface area contributed by atoms with E-state index in [0.29, 0.717) is 6.42 Å². The van der Waals surface area contributed by atoms with Crippen LogP contribution in [0.1, 0.15) is 29.5 Å². The van der Waals surface area contributed by atoms with Gasteiger partial charge in [0.15, 0.2) is 0 Å². The molecule has 0 aromatic heterocycles. The lowest BCUT2D eigenvalue weighted by molar-refractivity contribution is -0.144. The molecular formula is C14H19NO2. The van der Waals surface area contributed by atoms with Gasteiger partial charge in [-0.15, -0.1) is 0 Å². The van der Waals surface area contributed by atoms with E-state index in [9.17, 15) is 9.90 Å². The summed E-state index contributed by atoms with van der Waals surface area (Å²) in [4.78, 5) is 11.5. The van der Waals surface area contributed by atoms with Gasteiger partial charge in [-0.3, -0.25) is 4.79 Å². The first-order valence-corrected chi connectivity index (χ1v) is 6.09. The molecule has 1 saturated heterocycles. The summed E-state index contributed by atoms with van der Waals surface area (Å²) in [6.45, 7) is 4.90. The zero-order chi connectivity index (χ0) is 12.5. The van der Waals surface area contributed by atoms with Crippen LogP contribution in [-0.2, 0) is 11.2 Å². The van der Waals surface area contributed by atoms with Crippen LogP contribution in [0.3, 0.4) is 0 Å². The molecule has 0 radical (unpaired) electrons. The van der Waals surface area contributed by atoms with E-state index in [1.807, 2.05) is 32.0 Å². The highest BCUT2D eigenvalue weighted by Crippen LogP contribution is 2.27. The van der Waals surface area contributed by atoms with Crippen molar-refractivity contribution in [3.8, 4) is 0 Å². The van der Waals surface area contributed by atoms with Gasteiger partial charge < -0.3 is 10.4 Å². The molecule has 0 saturated carbocycles. The van der Waals surface area contributed by atoms with E-state index in [1.54, 1.807) is 0 Å². The Morgan fingerprint density at radius 2 is 2.06 bits per heavy atom. The van der Waals surface area contributed by atoms with Crippen molar-refractivity contribution < 1.29 is 9.90 Å². The van der Waals surface area contributed by atoms with E-state index >= 15 is 0 Å². The van der Waals surface area contributed by atoms with Crippen molar-refractivity contribution in [3.63, 3.8) is 0 Å². The maximum atomic E-state index is 11.5. The fourth-order valence-corrected chi connectivity index (χ4v) is 2.64. The lowest BCUT2D eigenvalue weighted by Crippen LogP contribution is -2.49. The SMILES string of the molecule is Cc1cccc(C)c1CC1(C(=O)O)CCCN1. The fourth-order valence-electron chi connectivity index (χ4n) is 2.64. The van der Waals surface area contributed by atoms with Gasteiger partial charge in [-0.05, 0) is 49.9 Å². The van der Waals surface area contributed by atoms with Gasteiger partial charge in [-0.2, -0.15) is 0 Å². The fraction of sp³-hybridized carbons (Fsp3) is 0.500. The first-order valence-electron chi connectivity index (χ1n) is 6.09. The Bertz CT molecular complexity index is 414. The Labute approximate surface area is 102 Å². The van der Waals surface area contributed by atoms with Crippen molar-refractivity contribution in [2.45, 2.75) is 38.6 Å². The molecule has 0 amide bonds. The van der Waals surface area contributed by atoms with Gasteiger partial charge in [0, 0.05) is 6.42 Å². The minimum absolute atomic E-state index is 0.584. The molecule has 92 valence electrons. The summed E-state index contributed by atoms with van der Waals surface area (Å²) in [5.41, 5.74) is 2.78. The van der Waals surface area contributed by atoms with Crippen molar-refractivity contribution >= 4 is 5.97 Å². The first-order chi connectivity index (χ1) is 8.05. The van der Waals surface area contributed by atoms with Crippen LogP contribution in [-0.4, -0.2) is 23.2 Å². The number of carbonyl (C=O) groups is 1. The molecular weight excluding hydrogens is 214 g/mol. The molecule has 3 nitrogen and oxygen atoms in total. The smallest absolute Gasteiger partial charge is 0.324 e. The van der Waals surface area contributed by atoms with Crippen molar-refractivity contribution in [2.75, 3.05) is 6.54 Å². The predicted molar refractivity (Wildman–Crippen MR) is 67.2 cm³/mol. The van der Waals surface area contributed by atoms with E-state index in [-0.39, 0.29) is 0 Å². The number of hydrogen-bond acceptors (Lipinski definition) is 2. The molecule has 1 atom stereocenters. The number of aryl methyl sites for hydroxylation is 2. The second kappa shape index (κ2) is 4.49. The predicted octanol–water partition coefficient (Wildman–Crippen LogP) is 2.05. The molecule has 0 spiro atoms. The Hall–Kier alpha value is -1.35. The van der Waals surface area contributed by atoms with Crippen molar-refractivity contribution in [1.29, 1.82) is 0 Å². The van der Waals surface area contributed by atoms with Crippen LogP contribution >= 0.6 is 0 Å². The first kappa shape index (κ1) is 12.1. The van der Waals surface area contributed by atoms with Crippen LogP contribution < -0.4 is 5.32 Å². The van der Waals surface area contributed by atoms with Gasteiger partial charge in [-0.25, -0.2) is 0 Å². The van der Waals surface area contributed by atoms with E-state index < -0.39 is 11.5 Å². The number of carboxylic acids is 1. The number of aliphatic carboxylic acids is 1. The number of nitrogens with one attached hydrogen (secondary N) is 1. The standard InChI is InChI=1S/C14H19NO2/c1-10-5-3-6-11(2)12(10)9-14(13(16)17)7-4-8-15-14/h3,5-6,15H,4,7-9H2,1-2H3,(H,16,17). The Kier molecular flexibility index (Phi) is 3.20. The molecule has 1 aliphatic rings. The highest BCUT2D eigenvalue weighted by molar-refractivity contribution is 5.80. The van der Waals surface area contributed by atoms with Gasteiger partial charge in [0.05, 0.1) is 0 Å². The van der Waals surface area contributed by atoms with Gasteiger partial charge in [0.2, 0.25) is 0 Å². The second-order valence-electron chi connectivity index (χ2n) is 4.96. The van der Waals surface area contributed by atoms with E-state index in [4.69, 9.17) is 0 Å². The highest BCUT2D eigenvalue weighted by atomic mass is 16.4. The maximum absolute atomic E-state index is 11.5. The van der Waals surface area contributed by atoms with Crippen molar-refractivity contribution in [2.24, 2.45) is 0 Å². The number of carboxylic acid groups (broad SMARTS) is 1. The lowest BCUT2D eigenvalue weighted by atomic mass is 9.86. The minimum Gasteiger partial charge on any atom is -0.480 e. The minimum atomic E-state index is -0.753. The summed E-state index contributed by atoms with van der Waals surface area (Å²) in [5, 5.41) is 12.6. The molecule has 3 heteroatoms. The molecule has 17 heavy (non-hydrogen) atoms. The lowest BCUT2D eigenvalue weighted by Gasteiger charge is -2.26. The Morgan fingerprint density at radius 1 is 1.41 bits per heavy atom. The van der Waals surface area contributed by atoms with Crippen LogP contribution in [0.15, 0.2) is 18.2 Å². The largest absolute Gasteiger partial charge is 0.480 e. The van der Waals surface area contributed by atoms with Crippen LogP contribution in [0.5, 0.6) is 0 Å². The van der Waals surface area contributed by atoms with Gasteiger partial charge in [0.1, 0.15) is 5.54 Å². The number of rotatable bonds is 3. The van der Waals surface area contributed by atoms with E-state index in [1.165, 1.54) is 16.7 Å². The van der Waals surface area contributed by atoms with Crippen molar-refractivity contribution in [3.05, 3.63) is 34.9 Å². The highest BCUT2D eigenvalue weighted by Gasteiger charge is 2.41. The molecule has 1 unspecified atom stereocenters. The second-order valence-corrected chi connectivity index (χ2v) is 4.96. The summed E-state index contributed by atoms with van der Waals surface area (Å²) in [5.74, 6) is -0.724. The Morgan fingerprint density at radius 3 is 2.53 bits per heavy atom. The zero-order valence-corrected chi connectivity index (χ0v) is 10.4. The van der Waals surface area contributed by atoms with Crippen molar-refractivity contribution in [1.82, 2.24) is 5.32 Å². The number of benzene rings is 1. The summed E-state index contributed by atoms with van der Waals surface area (Å²) in [6.07, 6.45) is 2.24. The molecule has 0 aliphatic carbocycles. The molecule has 1 aliphatic heterocycles. The van der Waals surface area contributed by atoms with Crippen LogP contribution in [0.2, 0.25) is 0 Å². The number of hydrogen-bond donors (Lipinski definition) is 2. The Balaban J connectivity index is 2.33. The third-order valence-electron chi connectivity index (χ3n) is 3.78. The average molecular weight is 233 g/mol. The third-order valence-corrected chi connectivity index (χ3v) is 3.78. The molecule has 0 bridgehead atoms. The molecule has 1 aromatic rings. The topological polar surface area (TPSA) is 49.3 Å². The zero-order valence-electron chi connectivity index (χ0n) is 10.4. The summed E-state index contributed by atoms with van der Waals surface area (Å²) in [7, 11) is 0. The van der Waals surface area contributed by atoms with Gasteiger partial charge >= 0.3 is 5.97 Å². The van der Waals surface area contributed by atoms with Gasteiger partial charge in [-0.1, -0.05) is 18.2 Å². The molecule has 1 fully saturated rings. The monoisotopic (exact) mass is 233 g/mol. The van der Waals surface area contributed by atoms with Crippen LogP contribution in [0.25, 0.3) is 0 Å². The average Bonchev–Trinajstić information content (AvgIpc) is 2.73. The van der Waals surface area contributed by atoms with Crippen LogP contribution in [0.4, 0.5) is 0 Å².